The Labute approximate surface area is 121 Å². The van der Waals surface area contributed by atoms with E-state index in [0.29, 0.717) is 10.8 Å². The number of hydrogen-bond donors (Lipinski definition) is 1. The molecule has 0 atom stereocenters. The Balaban J connectivity index is 1.77. The van der Waals surface area contributed by atoms with E-state index in [1.165, 1.54) is 7.11 Å². The highest BCUT2D eigenvalue weighted by atomic mass is 35.5. The van der Waals surface area contributed by atoms with Crippen LogP contribution >= 0.6 is 11.6 Å². The Morgan fingerprint density at radius 2 is 2.25 bits per heavy atom. The molecule has 106 valence electrons. The molecule has 2 aromatic rings. The summed E-state index contributed by atoms with van der Waals surface area (Å²) in [7, 11) is 1.51. The number of aromatic nitrogens is 3. The summed E-state index contributed by atoms with van der Waals surface area (Å²) in [6.45, 7) is 3.28. The van der Waals surface area contributed by atoms with Gasteiger partial charge < -0.3 is 14.4 Å². The highest BCUT2D eigenvalue weighted by Crippen LogP contribution is 2.35. The molecule has 1 aromatic heterocycles. The normalized spacial score (nSPS) is 15.1. The zero-order valence-corrected chi connectivity index (χ0v) is 11.8. The number of fused-ring (bicyclic) bond motifs is 1. The predicted octanol–water partition coefficient (Wildman–Crippen LogP) is 1.66. The number of phenolic OH excluding ortho intramolecular Hbond substituents is 1. The summed E-state index contributed by atoms with van der Waals surface area (Å²) in [5.74, 6) is 1.34. The van der Waals surface area contributed by atoms with Gasteiger partial charge in [-0.1, -0.05) is 11.6 Å². The fourth-order valence-electron chi connectivity index (χ4n) is 2.38. The van der Waals surface area contributed by atoms with Crippen molar-refractivity contribution >= 4 is 11.6 Å². The number of ether oxygens (including phenoxy) is 1. The van der Waals surface area contributed by atoms with Crippen LogP contribution in [0.1, 0.15) is 11.4 Å². The van der Waals surface area contributed by atoms with Crippen LogP contribution in [-0.2, 0) is 19.6 Å². The molecule has 3 rings (SSSR count). The Morgan fingerprint density at radius 3 is 3.05 bits per heavy atom. The van der Waals surface area contributed by atoms with Gasteiger partial charge in [0.25, 0.3) is 0 Å². The van der Waals surface area contributed by atoms with Crippen molar-refractivity contribution < 1.29 is 9.84 Å². The third kappa shape index (κ3) is 2.44. The van der Waals surface area contributed by atoms with E-state index in [1.54, 1.807) is 18.5 Å². The summed E-state index contributed by atoms with van der Waals surface area (Å²) in [5, 5.41) is 18.0. The molecular formula is C13H15ClN4O2. The van der Waals surface area contributed by atoms with Gasteiger partial charge in [-0.15, -0.1) is 10.2 Å². The smallest absolute Gasteiger partial charge is 0.176 e. The summed E-state index contributed by atoms with van der Waals surface area (Å²) in [5.41, 5.74) is 0.998. The van der Waals surface area contributed by atoms with Crippen LogP contribution in [-0.4, -0.2) is 38.4 Å². The third-order valence-electron chi connectivity index (χ3n) is 3.43. The molecule has 20 heavy (non-hydrogen) atoms. The molecule has 0 unspecified atom stereocenters. The molecule has 1 N–H and O–H groups in total. The quantitative estimate of drug-likeness (QED) is 0.933. The van der Waals surface area contributed by atoms with Gasteiger partial charge in [0.2, 0.25) is 0 Å². The zero-order valence-electron chi connectivity index (χ0n) is 11.1. The Hall–Kier alpha value is -1.79. The standard InChI is InChI=1S/C13H15ClN4O2/c1-20-11-5-9(4-10(14)13(11)19)6-17-2-3-18-8-15-16-12(18)7-17/h4-5,8,19H,2-3,6-7H2,1H3. The van der Waals surface area contributed by atoms with Crippen molar-refractivity contribution in [3.05, 3.63) is 34.9 Å². The van der Waals surface area contributed by atoms with Crippen molar-refractivity contribution in [1.29, 1.82) is 0 Å². The fraction of sp³-hybridized carbons (Fsp3) is 0.385. The SMILES string of the molecule is COc1cc(CN2CCn3cnnc3C2)cc(Cl)c1O. The number of hydrogen-bond acceptors (Lipinski definition) is 5. The van der Waals surface area contributed by atoms with Gasteiger partial charge in [0.05, 0.1) is 18.7 Å². The van der Waals surface area contributed by atoms with Crippen LogP contribution in [0.15, 0.2) is 18.5 Å². The molecule has 2 heterocycles. The Bertz CT molecular complexity index is 629. The lowest BCUT2D eigenvalue weighted by atomic mass is 10.1. The maximum atomic E-state index is 9.74. The highest BCUT2D eigenvalue weighted by molar-refractivity contribution is 6.32. The second-order valence-electron chi connectivity index (χ2n) is 4.78. The number of nitrogens with zero attached hydrogens (tertiary/aromatic N) is 4. The van der Waals surface area contributed by atoms with E-state index in [2.05, 4.69) is 19.7 Å². The monoisotopic (exact) mass is 294 g/mol. The average molecular weight is 295 g/mol. The van der Waals surface area contributed by atoms with E-state index in [1.807, 2.05) is 0 Å². The molecule has 1 aliphatic heterocycles. The summed E-state index contributed by atoms with van der Waals surface area (Å²) in [4.78, 5) is 2.26. The minimum atomic E-state index is -0.0173. The van der Waals surface area contributed by atoms with Crippen molar-refractivity contribution in [2.24, 2.45) is 0 Å². The lowest BCUT2D eigenvalue weighted by Gasteiger charge is -2.27. The molecule has 1 aliphatic rings. The van der Waals surface area contributed by atoms with E-state index in [-0.39, 0.29) is 5.75 Å². The van der Waals surface area contributed by atoms with Crippen LogP contribution in [0, 0.1) is 0 Å². The number of methoxy groups -OCH3 is 1. The third-order valence-corrected chi connectivity index (χ3v) is 3.72. The van der Waals surface area contributed by atoms with Crippen LogP contribution in [0.2, 0.25) is 5.02 Å². The van der Waals surface area contributed by atoms with Gasteiger partial charge in [-0.3, -0.25) is 4.90 Å². The van der Waals surface area contributed by atoms with Gasteiger partial charge in [-0.2, -0.15) is 0 Å². The highest BCUT2D eigenvalue weighted by Gasteiger charge is 2.18. The second-order valence-corrected chi connectivity index (χ2v) is 5.19. The molecule has 0 aliphatic carbocycles. The molecule has 0 fully saturated rings. The van der Waals surface area contributed by atoms with Crippen molar-refractivity contribution in [2.75, 3.05) is 13.7 Å². The first-order valence-electron chi connectivity index (χ1n) is 6.32. The molecular weight excluding hydrogens is 280 g/mol. The molecule has 0 amide bonds. The van der Waals surface area contributed by atoms with Crippen LogP contribution in [0.4, 0.5) is 0 Å². The van der Waals surface area contributed by atoms with Gasteiger partial charge in [-0.25, -0.2) is 0 Å². The maximum absolute atomic E-state index is 9.74. The first-order valence-corrected chi connectivity index (χ1v) is 6.69. The summed E-state index contributed by atoms with van der Waals surface area (Å²) < 4.78 is 7.18. The summed E-state index contributed by atoms with van der Waals surface area (Å²) >= 11 is 6.00. The summed E-state index contributed by atoms with van der Waals surface area (Å²) in [6, 6.07) is 3.57. The first-order chi connectivity index (χ1) is 9.67. The largest absolute Gasteiger partial charge is 0.503 e. The first kappa shape index (κ1) is 13.2. The zero-order chi connectivity index (χ0) is 14.1. The molecule has 0 saturated carbocycles. The fourth-order valence-corrected chi connectivity index (χ4v) is 2.62. The van der Waals surface area contributed by atoms with Gasteiger partial charge in [-0.05, 0) is 17.7 Å². The van der Waals surface area contributed by atoms with Crippen LogP contribution in [0.3, 0.4) is 0 Å². The number of halogens is 1. The van der Waals surface area contributed by atoms with E-state index in [4.69, 9.17) is 16.3 Å². The maximum Gasteiger partial charge on any atom is 0.176 e. The second kappa shape index (κ2) is 5.30. The van der Waals surface area contributed by atoms with Crippen LogP contribution < -0.4 is 4.74 Å². The van der Waals surface area contributed by atoms with E-state index in [9.17, 15) is 5.11 Å². The van der Waals surface area contributed by atoms with Crippen molar-refractivity contribution in [3.63, 3.8) is 0 Å². The van der Waals surface area contributed by atoms with Crippen molar-refractivity contribution in [3.8, 4) is 11.5 Å². The van der Waals surface area contributed by atoms with E-state index < -0.39 is 0 Å². The van der Waals surface area contributed by atoms with E-state index >= 15 is 0 Å². The van der Waals surface area contributed by atoms with Crippen molar-refractivity contribution in [2.45, 2.75) is 19.6 Å². The molecule has 7 heteroatoms. The molecule has 0 saturated heterocycles. The molecule has 0 radical (unpaired) electrons. The molecule has 1 aromatic carbocycles. The average Bonchev–Trinajstić information content (AvgIpc) is 2.90. The Kier molecular flexibility index (Phi) is 3.50. The number of benzene rings is 1. The minimum Gasteiger partial charge on any atom is -0.503 e. The molecule has 0 bridgehead atoms. The van der Waals surface area contributed by atoms with Gasteiger partial charge >= 0.3 is 0 Å². The lowest BCUT2D eigenvalue weighted by molar-refractivity contribution is 0.208. The summed E-state index contributed by atoms with van der Waals surface area (Å²) in [6.07, 6.45) is 1.76. The number of phenols is 1. The van der Waals surface area contributed by atoms with Gasteiger partial charge in [0, 0.05) is 19.6 Å². The molecule has 0 spiro atoms. The number of aromatic hydroxyl groups is 1. The predicted molar refractivity (Wildman–Crippen MR) is 73.8 cm³/mol. The Morgan fingerprint density at radius 1 is 1.40 bits per heavy atom. The van der Waals surface area contributed by atoms with E-state index in [0.717, 1.165) is 37.6 Å². The van der Waals surface area contributed by atoms with Crippen molar-refractivity contribution in [1.82, 2.24) is 19.7 Å². The molecule has 6 nitrogen and oxygen atoms in total. The van der Waals surface area contributed by atoms with Crippen LogP contribution in [0.5, 0.6) is 11.5 Å². The van der Waals surface area contributed by atoms with Crippen LogP contribution in [0.25, 0.3) is 0 Å². The lowest BCUT2D eigenvalue weighted by Crippen LogP contribution is -2.33. The van der Waals surface area contributed by atoms with Gasteiger partial charge in [0.15, 0.2) is 11.5 Å². The van der Waals surface area contributed by atoms with Gasteiger partial charge in [0.1, 0.15) is 12.2 Å². The topological polar surface area (TPSA) is 63.4 Å². The minimum absolute atomic E-state index is 0.0173. The number of rotatable bonds is 3.